The van der Waals surface area contributed by atoms with Gasteiger partial charge in [0.25, 0.3) is 0 Å². The van der Waals surface area contributed by atoms with Crippen molar-refractivity contribution in [2.45, 2.75) is 37.8 Å². The standard InChI is InChI=1S/C32H26O13/c1-9-5-11-17(26(37)16-12(25(11)36)6-10(44-3)7-13(16)33)20(24(9)35)19-15(45-4)8-14(34)18-21(19)28(39)23-22(27(18)38)29(40)31(42)32(2,43)30(23)41/h5-8,29-31,33-35,40-43H,1-4H3/t29-,30+,31+,32-/m0/s1. The lowest BCUT2D eigenvalue weighted by Gasteiger charge is -2.44. The Labute approximate surface area is 253 Å². The van der Waals surface area contributed by atoms with E-state index in [1.807, 2.05) is 0 Å². The third kappa shape index (κ3) is 3.75. The van der Waals surface area contributed by atoms with Crippen LogP contribution in [-0.2, 0) is 0 Å². The van der Waals surface area contributed by atoms with Crippen molar-refractivity contribution in [3.63, 3.8) is 0 Å². The van der Waals surface area contributed by atoms with Crippen molar-refractivity contribution < 1.29 is 64.4 Å². The highest BCUT2D eigenvalue weighted by molar-refractivity contribution is 6.35. The van der Waals surface area contributed by atoms with Crippen LogP contribution in [0.25, 0.3) is 11.1 Å². The fourth-order valence-corrected chi connectivity index (χ4v) is 6.39. The Kier molecular flexibility index (Phi) is 6.47. The average molecular weight is 619 g/mol. The van der Waals surface area contributed by atoms with Crippen LogP contribution < -0.4 is 9.47 Å². The van der Waals surface area contributed by atoms with Crippen molar-refractivity contribution in [1.82, 2.24) is 0 Å². The van der Waals surface area contributed by atoms with Gasteiger partial charge in [-0.15, -0.1) is 0 Å². The Bertz CT molecular complexity index is 1970. The van der Waals surface area contributed by atoms with Gasteiger partial charge in [-0.3, -0.25) is 19.2 Å². The molecule has 0 unspecified atom stereocenters. The molecule has 13 heteroatoms. The summed E-state index contributed by atoms with van der Waals surface area (Å²) in [4.78, 5) is 56.0. The monoisotopic (exact) mass is 618 g/mol. The number of ether oxygens (including phenoxy) is 2. The first-order chi connectivity index (χ1) is 21.1. The van der Waals surface area contributed by atoms with Crippen LogP contribution in [0.5, 0.6) is 28.7 Å². The van der Waals surface area contributed by atoms with Gasteiger partial charge in [0, 0.05) is 56.7 Å². The number of aromatic hydroxyl groups is 3. The summed E-state index contributed by atoms with van der Waals surface area (Å²) in [5.41, 5.74) is -7.61. The van der Waals surface area contributed by atoms with E-state index in [2.05, 4.69) is 0 Å². The van der Waals surface area contributed by atoms with Crippen molar-refractivity contribution in [2.75, 3.05) is 14.2 Å². The Morgan fingerprint density at radius 1 is 0.667 bits per heavy atom. The number of fused-ring (bicyclic) bond motifs is 3. The first-order valence-electron chi connectivity index (χ1n) is 13.5. The minimum Gasteiger partial charge on any atom is -0.507 e. The Hall–Kier alpha value is -5.08. The van der Waals surface area contributed by atoms with Gasteiger partial charge < -0.3 is 45.2 Å². The highest BCUT2D eigenvalue weighted by Gasteiger charge is 2.56. The van der Waals surface area contributed by atoms with Crippen molar-refractivity contribution in [2.24, 2.45) is 0 Å². The van der Waals surface area contributed by atoms with E-state index in [-0.39, 0.29) is 28.2 Å². The molecule has 0 radical (unpaired) electrons. The zero-order chi connectivity index (χ0) is 33.0. The first kappa shape index (κ1) is 30.0. The fraction of sp³-hybridized carbons (Fsp3) is 0.250. The number of carbonyl (C=O) groups is 4. The number of methoxy groups -OCH3 is 2. The zero-order valence-corrected chi connectivity index (χ0v) is 24.1. The Balaban J connectivity index is 1.73. The van der Waals surface area contributed by atoms with Gasteiger partial charge in [0.2, 0.25) is 0 Å². The molecule has 232 valence electrons. The smallest absolute Gasteiger partial charge is 0.199 e. The van der Waals surface area contributed by atoms with Gasteiger partial charge in [0.1, 0.15) is 52.7 Å². The molecule has 0 amide bonds. The lowest BCUT2D eigenvalue weighted by molar-refractivity contribution is -0.158. The van der Waals surface area contributed by atoms with Gasteiger partial charge in [0.15, 0.2) is 23.1 Å². The predicted molar refractivity (Wildman–Crippen MR) is 152 cm³/mol. The van der Waals surface area contributed by atoms with Gasteiger partial charge >= 0.3 is 0 Å². The van der Waals surface area contributed by atoms with Gasteiger partial charge in [0.05, 0.1) is 25.3 Å². The third-order valence-electron chi connectivity index (χ3n) is 8.76. The number of aliphatic hydroxyl groups excluding tert-OH is 3. The molecule has 3 aromatic carbocycles. The minimum absolute atomic E-state index is 0.0537. The van der Waals surface area contributed by atoms with Crippen LogP contribution in [0.15, 0.2) is 35.4 Å². The molecule has 3 aliphatic rings. The fourth-order valence-electron chi connectivity index (χ4n) is 6.39. The van der Waals surface area contributed by atoms with Crippen molar-refractivity contribution in [3.05, 3.63) is 74.4 Å². The summed E-state index contributed by atoms with van der Waals surface area (Å²) in [5.74, 6) is -6.40. The van der Waals surface area contributed by atoms with E-state index in [1.165, 1.54) is 26.2 Å². The molecule has 0 aromatic heterocycles. The van der Waals surface area contributed by atoms with E-state index in [0.29, 0.717) is 0 Å². The molecule has 3 aliphatic carbocycles. The molecule has 0 aliphatic heterocycles. The molecule has 0 saturated heterocycles. The second-order valence-electron chi connectivity index (χ2n) is 11.3. The molecular formula is C32H26O13. The Morgan fingerprint density at radius 3 is 1.89 bits per heavy atom. The quantitative estimate of drug-likeness (QED) is 0.171. The lowest BCUT2D eigenvalue weighted by atomic mass is 9.67. The number of aliphatic hydroxyl groups is 4. The van der Waals surface area contributed by atoms with Crippen molar-refractivity contribution in [3.8, 4) is 39.9 Å². The van der Waals surface area contributed by atoms with Crippen LogP contribution in [0.4, 0.5) is 0 Å². The minimum atomic E-state index is -2.51. The predicted octanol–water partition coefficient (Wildman–Crippen LogP) is 1.09. The summed E-state index contributed by atoms with van der Waals surface area (Å²) in [6, 6.07) is 4.52. The number of hydrogen-bond acceptors (Lipinski definition) is 13. The zero-order valence-electron chi connectivity index (χ0n) is 24.1. The molecule has 45 heavy (non-hydrogen) atoms. The van der Waals surface area contributed by atoms with E-state index in [0.717, 1.165) is 26.2 Å². The van der Waals surface area contributed by atoms with Gasteiger partial charge in [-0.1, -0.05) is 0 Å². The summed E-state index contributed by atoms with van der Waals surface area (Å²) < 4.78 is 10.6. The maximum atomic E-state index is 14.3. The van der Waals surface area contributed by atoms with E-state index in [9.17, 15) is 54.9 Å². The summed E-state index contributed by atoms with van der Waals surface area (Å²) in [6.45, 7) is 2.35. The maximum Gasteiger partial charge on any atom is 0.199 e. The average Bonchev–Trinajstić information content (AvgIpc) is 2.99. The van der Waals surface area contributed by atoms with Gasteiger partial charge in [-0.25, -0.2) is 0 Å². The third-order valence-corrected chi connectivity index (χ3v) is 8.76. The van der Waals surface area contributed by atoms with Gasteiger partial charge in [-0.2, -0.15) is 0 Å². The molecule has 6 rings (SSSR count). The number of aryl methyl sites for hydroxylation is 1. The molecular weight excluding hydrogens is 592 g/mol. The van der Waals surface area contributed by atoms with Crippen LogP contribution in [-0.4, -0.2) is 97.0 Å². The number of rotatable bonds is 3. The van der Waals surface area contributed by atoms with Crippen LogP contribution >= 0.6 is 0 Å². The van der Waals surface area contributed by atoms with Crippen molar-refractivity contribution >= 4 is 23.1 Å². The number of ketones is 4. The summed E-state index contributed by atoms with van der Waals surface area (Å²) in [7, 11) is 2.43. The molecule has 4 atom stereocenters. The normalized spacial score (nSPS) is 23.8. The number of Topliss-reactive ketones (excluding diaryl/α,β-unsaturated/α-hetero) is 2. The van der Waals surface area contributed by atoms with Crippen LogP contribution in [0.3, 0.4) is 0 Å². The van der Waals surface area contributed by atoms with E-state index in [4.69, 9.17) is 9.47 Å². The molecule has 7 N–H and O–H groups in total. The van der Waals surface area contributed by atoms with Crippen LogP contribution in [0, 0.1) is 6.92 Å². The molecule has 0 spiro atoms. The Morgan fingerprint density at radius 2 is 1.27 bits per heavy atom. The van der Waals surface area contributed by atoms with Crippen LogP contribution in [0.2, 0.25) is 0 Å². The van der Waals surface area contributed by atoms with E-state index in [1.54, 1.807) is 0 Å². The summed E-state index contributed by atoms with van der Waals surface area (Å²) in [6.07, 6.45) is -6.46. The molecule has 0 heterocycles. The number of carbonyl (C=O) groups excluding carboxylic acids is 4. The number of benzene rings is 3. The lowest BCUT2D eigenvalue weighted by Crippen LogP contribution is -2.61. The second-order valence-corrected chi connectivity index (χ2v) is 11.3. The topological polar surface area (TPSA) is 228 Å². The molecule has 3 aromatic rings. The number of phenols is 3. The second kappa shape index (κ2) is 9.71. The van der Waals surface area contributed by atoms with E-state index >= 15 is 0 Å². The first-order valence-corrected chi connectivity index (χ1v) is 13.5. The highest BCUT2D eigenvalue weighted by atomic mass is 16.5. The molecule has 0 fully saturated rings. The number of hydrogen-bond donors (Lipinski definition) is 7. The SMILES string of the molecule is COc1cc(O)c2c(c1)C(=O)c1cc(C)c(O)c(-c3c(OC)cc(O)c4c3C(=O)C3=C(C4=O)[C@H](O)[C@@H](O)[C@@](C)(O)[C@@H]3O)c1C2=O. The van der Waals surface area contributed by atoms with Crippen LogP contribution in [0.1, 0.15) is 65.0 Å². The number of phenolic OH excluding ortho intramolecular Hbond substituents is 3. The maximum absolute atomic E-state index is 14.3. The largest absolute Gasteiger partial charge is 0.507 e. The summed E-state index contributed by atoms with van der Waals surface area (Å²) >= 11 is 0. The molecule has 0 bridgehead atoms. The molecule has 13 nitrogen and oxygen atoms in total. The highest BCUT2D eigenvalue weighted by Crippen LogP contribution is 2.53. The van der Waals surface area contributed by atoms with Crippen molar-refractivity contribution in [1.29, 1.82) is 0 Å². The van der Waals surface area contributed by atoms with E-state index < -0.39 is 109 Å². The molecule has 0 saturated carbocycles. The van der Waals surface area contributed by atoms with Gasteiger partial charge in [-0.05, 0) is 31.5 Å². The summed E-state index contributed by atoms with van der Waals surface area (Å²) in [5, 5.41) is 76.2.